The Balaban J connectivity index is 1.91. The van der Waals surface area contributed by atoms with E-state index in [0.29, 0.717) is 26.2 Å². The first kappa shape index (κ1) is 14.0. The van der Waals surface area contributed by atoms with Crippen molar-refractivity contribution >= 4 is 11.9 Å². The average molecular weight is 243 g/mol. The van der Waals surface area contributed by atoms with Crippen molar-refractivity contribution in [3.05, 3.63) is 0 Å². The lowest BCUT2D eigenvalue weighted by atomic mass is 10.3. The smallest absolute Gasteiger partial charge is 0.407 e. The van der Waals surface area contributed by atoms with E-state index in [4.69, 9.17) is 9.47 Å². The van der Waals surface area contributed by atoms with Gasteiger partial charge in [-0.1, -0.05) is 0 Å². The zero-order chi connectivity index (χ0) is 12.5. The Labute approximate surface area is 102 Å². The topological polar surface area (TPSA) is 64.6 Å². The SMILES string of the molecule is CC(=O)CCOCCNC(=O)OC1CCCC1. The van der Waals surface area contributed by atoms with Gasteiger partial charge in [0.05, 0.1) is 13.2 Å². The number of alkyl carbamates (subject to hydrolysis) is 1. The first-order chi connectivity index (χ1) is 8.18. The molecule has 5 heteroatoms. The molecule has 0 aromatic carbocycles. The highest BCUT2D eigenvalue weighted by atomic mass is 16.6. The summed E-state index contributed by atoms with van der Waals surface area (Å²) in [7, 11) is 0. The molecule has 0 unspecified atom stereocenters. The van der Waals surface area contributed by atoms with Crippen LogP contribution in [0.5, 0.6) is 0 Å². The number of carbonyl (C=O) groups is 2. The Bertz CT molecular complexity index is 249. The lowest BCUT2D eigenvalue weighted by Crippen LogP contribution is -2.30. The Kier molecular flexibility index (Phi) is 6.62. The monoisotopic (exact) mass is 243 g/mol. The molecule has 0 aromatic heterocycles. The molecule has 0 saturated heterocycles. The molecule has 5 nitrogen and oxygen atoms in total. The van der Waals surface area contributed by atoms with Gasteiger partial charge in [-0.2, -0.15) is 0 Å². The predicted molar refractivity (Wildman–Crippen MR) is 62.9 cm³/mol. The van der Waals surface area contributed by atoms with Gasteiger partial charge < -0.3 is 14.8 Å². The van der Waals surface area contributed by atoms with E-state index < -0.39 is 0 Å². The maximum atomic E-state index is 11.3. The molecule has 1 N–H and O–H groups in total. The summed E-state index contributed by atoms with van der Waals surface area (Å²) in [6.45, 7) is 2.77. The number of carbonyl (C=O) groups excluding carboxylic acids is 2. The molecule has 17 heavy (non-hydrogen) atoms. The second-order valence-electron chi connectivity index (χ2n) is 4.30. The third kappa shape index (κ3) is 6.94. The largest absolute Gasteiger partial charge is 0.446 e. The molecular weight excluding hydrogens is 222 g/mol. The van der Waals surface area contributed by atoms with E-state index in [1.807, 2.05) is 0 Å². The Morgan fingerprint density at radius 1 is 1.24 bits per heavy atom. The fourth-order valence-electron chi connectivity index (χ4n) is 1.74. The van der Waals surface area contributed by atoms with E-state index in [9.17, 15) is 9.59 Å². The zero-order valence-corrected chi connectivity index (χ0v) is 10.4. The van der Waals surface area contributed by atoms with Crippen LogP contribution in [-0.2, 0) is 14.3 Å². The van der Waals surface area contributed by atoms with Crippen molar-refractivity contribution in [2.24, 2.45) is 0 Å². The average Bonchev–Trinajstić information content (AvgIpc) is 2.75. The van der Waals surface area contributed by atoms with E-state index in [1.54, 1.807) is 0 Å². The molecule has 0 aliphatic heterocycles. The van der Waals surface area contributed by atoms with Crippen LogP contribution in [0.2, 0.25) is 0 Å². The maximum absolute atomic E-state index is 11.3. The molecule has 0 heterocycles. The molecule has 1 saturated carbocycles. The minimum atomic E-state index is -0.368. The van der Waals surface area contributed by atoms with Gasteiger partial charge >= 0.3 is 6.09 Å². The van der Waals surface area contributed by atoms with E-state index in [0.717, 1.165) is 25.7 Å². The molecular formula is C12H21NO4. The summed E-state index contributed by atoms with van der Waals surface area (Å²) in [5, 5.41) is 2.63. The van der Waals surface area contributed by atoms with Crippen molar-refractivity contribution in [3.8, 4) is 0 Å². The quantitative estimate of drug-likeness (QED) is 0.690. The highest BCUT2D eigenvalue weighted by Crippen LogP contribution is 2.20. The van der Waals surface area contributed by atoms with Gasteiger partial charge in [-0.3, -0.25) is 4.79 Å². The summed E-state index contributed by atoms with van der Waals surface area (Å²) in [5.41, 5.74) is 0. The number of hydrogen-bond acceptors (Lipinski definition) is 4. The normalized spacial score (nSPS) is 15.8. The number of rotatable bonds is 7. The summed E-state index contributed by atoms with van der Waals surface area (Å²) in [4.78, 5) is 21.9. The minimum Gasteiger partial charge on any atom is -0.446 e. The molecule has 1 aliphatic carbocycles. The zero-order valence-electron chi connectivity index (χ0n) is 10.4. The molecule has 1 aliphatic rings. The van der Waals surface area contributed by atoms with Crippen LogP contribution in [-0.4, -0.2) is 37.7 Å². The van der Waals surface area contributed by atoms with Gasteiger partial charge in [-0.25, -0.2) is 4.79 Å². The van der Waals surface area contributed by atoms with Gasteiger partial charge in [-0.15, -0.1) is 0 Å². The first-order valence-corrected chi connectivity index (χ1v) is 6.20. The number of ether oxygens (including phenoxy) is 2. The second-order valence-corrected chi connectivity index (χ2v) is 4.30. The summed E-state index contributed by atoms with van der Waals surface area (Å²) in [6, 6.07) is 0. The first-order valence-electron chi connectivity index (χ1n) is 6.20. The maximum Gasteiger partial charge on any atom is 0.407 e. The van der Waals surface area contributed by atoms with Crippen LogP contribution in [0.1, 0.15) is 39.0 Å². The van der Waals surface area contributed by atoms with Crippen molar-refractivity contribution in [2.45, 2.75) is 45.1 Å². The number of amides is 1. The number of hydrogen-bond donors (Lipinski definition) is 1. The third-order valence-electron chi connectivity index (χ3n) is 2.69. The molecule has 1 rings (SSSR count). The summed E-state index contributed by atoms with van der Waals surface area (Å²) in [6.07, 6.45) is 4.39. The van der Waals surface area contributed by atoms with Gasteiger partial charge in [0.2, 0.25) is 0 Å². The Morgan fingerprint density at radius 3 is 2.59 bits per heavy atom. The second kappa shape index (κ2) is 8.06. The Morgan fingerprint density at radius 2 is 1.94 bits per heavy atom. The Hall–Kier alpha value is -1.10. The molecule has 0 spiro atoms. The molecule has 1 amide bonds. The van der Waals surface area contributed by atoms with Crippen molar-refractivity contribution in [2.75, 3.05) is 19.8 Å². The molecule has 98 valence electrons. The molecule has 0 radical (unpaired) electrons. The van der Waals surface area contributed by atoms with Crippen LogP contribution >= 0.6 is 0 Å². The van der Waals surface area contributed by atoms with Crippen LogP contribution < -0.4 is 5.32 Å². The number of ketones is 1. The van der Waals surface area contributed by atoms with Crippen molar-refractivity contribution in [3.63, 3.8) is 0 Å². The highest BCUT2D eigenvalue weighted by molar-refractivity contribution is 5.75. The van der Waals surface area contributed by atoms with Gasteiger partial charge in [0.15, 0.2) is 0 Å². The standard InChI is InChI=1S/C12H21NO4/c1-10(14)6-8-16-9-7-13-12(15)17-11-4-2-3-5-11/h11H,2-9H2,1H3,(H,13,15). The van der Waals surface area contributed by atoms with Gasteiger partial charge in [0, 0.05) is 13.0 Å². The summed E-state index contributed by atoms with van der Waals surface area (Å²) >= 11 is 0. The van der Waals surface area contributed by atoms with E-state index in [-0.39, 0.29) is 18.0 Å². The molecule has 0 bridgehead atoms. The van der Waals surface area contributed by atoms with Crippen molar-refractivity contribution in [1.29, 1.82) is 0 Å². The molecule has 1 fully saturated rings. The fraction of sp³-hybridized carbons (Fsp3) is 0.833. The van der Waals surface area contributed by atoms with Crippen LogP contribution in [0, 0.1) is 0 Å². The van der Waals surface area contributed by atoms with E-state index >= 15 is 0 Å². The van der Waals surface area contributed by atoms with Gasteiger partial charge in [-0.05, 0) is 32.6 Å². The fourth-order valence-corrected chi connectivity index (χ4v) is 1.74. The predicted octanol–water partition coefficient (Wildman–Crippen LogP) is 1.65. The number of Topliss-reactive ketones (excluding diaryl/α,β-unsaturated/α-hetero) is 1. The van der Waals surface area contributed by atoms with E-state index in [2.05, 4.69) is 5.32 Å². The van der Waals surface area contributed by atoms with Crippen LogP contribution in [0.15, 0.2) is 0 Å². The van der Waals surface area contributed by atoms with Crippen molar-refractivity contribution in [1.82, 2.24) is 5.32 Å². The van der Waals surface area contributed by atoms with E-state index in [1.165, 1.54) is 6.92 Å². The van der Waals surface area contributed by atoms with Crippen molar-refractivity contribution < 1.29 is 19.1 Å². The van der Waals surface area contributed by atoms with Crippen LogP contribution in [0.25, 0.3) is 0 Å². The summed E-state index contributed by atoms with van der Waals surface area (Å²) < 4.78 is 10.4. The molecule has 0 atom stereocenters. The lowest BCUT2D eigenvalue weighted by molar-refractivity contribution is -0.118. The highest BCUT2D eigenvalue weighted by Gasteiger charge is 2.18. The number of nitrogens with one attached hydrogen (secondary N) is 1. The van der Waals surface area contributed by atoms with Gasteiger partial charge in [0.1, 0.15) is 11.9 Å². The van der Waals surface area contributed by atoms with Crippen LogP contribution in [0.3, 0.4) is 0 Å². The van der Waals surface area contributed by atoms with Gasteiger partial charge in [0.25, 0.3) is 0 Å². The van der Waals surface area contributed by atoms with Crippen LogP contribution in [0.4, 0.5) is 4.79 Å². The summed E-state index contributed by atoms with van der Waals surface area (Å²) in [5.74, 6) is 0.110. The minimum absolute atomic E-state index is 0.0913. The lowest BCUT2D eigenvalue weighted by Gasteiger charge is -2.12. The third-order valence-corrected chi connectivity index (χ3v) is 2.69. The molecule has 0 aromatic rings.